The number of amides is 1. The number of aliphatic hydroxyl groups is 3. The van der Waals surface area contributed by atoms with Gasteiger partial charge in [0, 0.05) is 18.9 Å². The number of hydrogen-bond acceptors (Lipinski definition) is 10. The minimum atomic E-state index is -2.25. The second kappa shape index (κ2) is 9.19. The van der Waals surface area contributed by atoms with Crippen molar-refractivity contribution in [1.29, 1.82) is 0 Å². The normalized spacial score (nSPS) is 27.2. The summed E-state index contributed by atoms with van der Waals surface area (Å²) in [7, 11) is 2.45. The molecular formula is C20H30N5O8+. The van der Waals surface area contributed by atoms with Gasteiger partial charge in [0.05, 0.1) is 32.1 Å². The highest BCUT2D eigenvalue weighted by Gasteiger charge is 2.49. The van der Waals surface area contributed by atoms with Crippen LogP contribution in [0, 0.1) is 5.41 Å². The van der Waals surface area contributed by atoms with Crippen molar-refractivity contribution in [2.75, 3.05) is 26.1 Å². The molecule has 1 aromatic rings. The van der Waals surface area contributed by atoms with E-state index in [1.54, 1.807) is 20.8 Å². The number of aliphatic hydroxyl groups excluding tert-OH is 2. The van der Waals surface area contributed by atoms with Gasteiger partial charge in [0.25, 0.3) is 11.8 Å². The number of ether oxygens (including phenoxy) is 3. The largest absolute Gasteiger partial charge is 0.466 e. The summed E-state index contributed by atoms with van der Waals surface area (Å²) < 4.78 is 18.6. The molecule has 3 heterocycles. The monoisotopic (exact) mass is 468 g/mol. The Hall–Kier alpha value is -2.84. The number of aliphatic imine (C=N–C) groups is 1. The molecule has 1 amide bonds. The van der Waals surface area contributed by atoms with Gasteiger partial charge in [0.1, 0.15) is 6.10 Å². The molecule has 4 atom stereocenters. The van der Waals surface area contributed by atoms with Crippen molar-refractivity contribution in [3.63, 3.8) is 0 Å². The molecule has 13 heteroatoms. The number of guanidine groups is 1. The molecule has 3 rings (SSSR count). The molecule has 2 aliphatic rings. The number of nitrogens with zero attached hydrogens (tertiary/aromatic N) is 3. The van der Waals surface area contributed by atoms with Crippen molar-refractivity contribution in [1.82, 2.24) is 9.88 Å². The molecule has 33 heavy (non-hydrogen) atoms. The second-order valence-electron chi connectivity index (χ2n) is 8.68. The number of anilines is 1. The topological polar surface area (TPSA) is 168 Å². The zero-order valence-corrected chi connectivity index (χ0v) is 19.1. The maximum atomic E-state index is 12.5. The number of rotatable bonds is 5. The number of aromatic nitrogens is 2. The van der Waals surface area contributed by atoms with Crippen LogP contribution in [0.1, 0.15) is 39.1 Å². The fourth-order valence-corrected chi connectivity index (χ4v) is 3.37. The van der Waals surface area contributed by atoms with Gasteiger partial charge < -0.3 is 29.5 Å². The molecule has 2 aliphatic heterocycles. The number of fused-ring (bicyclic) bond motifs is 1. The first-order chi connectivity index (χ1) is 15.4. The van der Waals surface area contributed by atoms with E-state index >= 15 is 0 Å². The van der Waals surface area contributed by atoms with Crippen molar-refractivity contribution in [2.24, 2.45) is 10.4 Å². The Morgan fingerprint density at radius 3 is 2.70 bits per heavy atom. The Balaban J connectivity index is 2.09. The van der Waals surface area contributed by atoms with E-state index in [1.165, 1.54) is 35.9 Å². The smallest absolute Gasteiger partial charge is 0.337 e. The third kappa shape index (κ3) is 4.91. The van der Waals surface area contributed by atoms with Crippen molar-refractivity contribution in [3.8, 4) is 0 Å². The summed E-state index contributed by atoms with van der Waals surface area (Å²) in [5.74, 6) is -3.10. The van der Waals surface area contributed by atoms with Gasteiger partial charge in [-0.25, -0.2) is 19.2 Å². The van der Waals surface area contributed by atoms with Crippen LogP contribution in [0.4, 0.5) is 5.82 Å². The molecule has 0 aliphatic carbocycles. The SMILES string of the molecule is COC(=O)C=Cn1c[n+]([C@H]2C[C@H](O)[C@@H](CO)O2)c2c1C(O)(OC)N=C(NC(=O)C(C)(C)C)N2. The highest BCUT2D eigenvalue weighted by atomic mass is 16.6. The van der Waals surface area contributed by atoms with E-state index in [4.69, 9.17) is 9.47 Å². The zero-order chi connectivity index (χ0) is 24.6. The van der Waals surface area contributed by atoms with Gasteiger partial charge in [-0.15, -0.1) is 0 Å². The molecule has 13 nitrogen and oxygen atoms in total. The standard InChI is InChI=1S/C20H29N5O8/c1-19(2,3)17(29)22-18-21-16-15(20(30,23-18)32-5)24(7-6-14(28)31-4)10-25(16)13-8-11(27)12(9-26)33-13/h6-7,10-13,26-27,30H,8-9H2,1-5H3,(H-,21,22,23,29)/p+1/t11-,12+,13+,20?/m0/s1. The van der Waals surface area contributed by atoms with Crippen LogP contribution in [-0.4, -0.2) is 70.8 Å². The summed E-state index contributed by atoms with van der Waals surface area (Å²) in [4.78, 5) is 28.3. The van der Waals surface area contributed by atoms with Gasteiger partial charge in [0.15, 0.2) is 12.6 Å². The van der Waals surface area contributed by atoms with Crippen LogP contribution in [0.2, 0.25) is 0 Å². The molecule has 1 fully saturated rings. The van der Waals surface area contributed by atoms with Gasteiger partial charge in [0.2, 0.25) is 11.6 Å². The van der Waals surface area contributed by atoms with Gasteiger partial charge in [-0.1, -0.05) is 20.8 Å². The van der Waals surface area contributed by atoms with E-state index in [9.17, 15) is 24.9 Å². The first-order valence-corrected chi connectivity index (χ1v) is 10.3. The fourth-order valence-electron chi connectivity index (χ4n) is 3.37. The van der Waals surface area contributed by atoms with Crippen LogP contribution in [0.3, 0.4) is 0 Å². The van der Waals surface area contributed by atoms with E-state index in [0.717, 1.165) is 6.08 Å². The second-order valence-corrected chi connectivity index (χ2v) is 8.68. The first-order valence-electron chi connectivity index (χ1n) is 10.3. The third-order valence-electron chi connectivity index (χ3n) is 5.26. The van der Waals surface area contributed by atoms with E-state index in [-0.39, 0.29) is 36.4 Å². The van der Waals surface area contributed by atoms with Gasteiger partial charge in [-0.05, 0) is 0 Å². The molecule has 0 bridgehead atoms. The lowest BCUT2D eigenvalue weighted by Gasteiger charge is -2.27. The van der Waals surface area contributed by atoms with Crippen molar-refractivity contribution < 1.29 is 43.7 Å². The summed E-state index contributed by atoms with van der Waals surface area (Å²) in [5, 5.41) is 36.4. The lowest BCUT2D eigenvalue weighted by atomic mass is 9.96. The Labute approximate surface area is 190 Å². The van der Waals surface area contributed by atoms with E-state index in [2.05, 4.69) is 20.4 Å². The Bertz CT molecular complexity index is 982. The summed E-state index contributed by atoms with van der Waals surface area (Å²) in [6.07, 6.45) is 1.62. The molecule has 0 saturated carbocycles. The van der Waals surface area contributed by atoms with Crippen LogP contribution in [-0.2, 0) is 29.7 Å². The molecule has 1 unspecified atom stereocenters. The van der Waals surface area contributed by atoms with Crippen LogP contribution < -0.4 is 15.2 Å². The minimum absolute atomic E-state index is 0.0736. The van der Waals surface area contributed by atoms with E-state index in [0.29, 0.717) is 0 Å². The maximum Gasteiger partial charge on any atom is 0.337 e. The Morgan fingerprint density at radius 1 is 1.45 bits per heavy atom. The van der Waals surface area contributed by atoms with Crippen molar-refractivity contribution in [3.05, 3.63) is 18.1 Å². The molecule has 0 radical (unpaired) electrons. The third-order valence-corrected chi connectivity index (χ3v) is 5.26. The highest BCUT2D eigenvalue weighted by molar-refractivity contribution is 6.06. The number of methoxy groups -OCH3 is 2. The molecule has 1 aromatic heterocycles. The Morgan fingerprint density at radius 2 is 2.15 bits per heavy atom. The number of nitrogens with one attached hydrogen (secondary N) is 2. The molecule has 182 valence electrons. The molecule has 0 spiro atoms. The average molecular weight is 468 g/mol. The van der Waals surface area contributed by atoms with Crippen molar-refractivity contribution in [2.45, 2.75) is 51.5 Å². The summed E-state index contributed by atoms with van der Waals surface area (Å²) in [6.45, 7) is 4.78. The fraction of sp³-hybridized carbons (Fsp3) is 0.600. The summed E-state index contributed by atoms with van der Waals surface area (Å²) >= 11 is 0. The van der Waals surface area contributed by atoms with Crippen LogP contribution in [0.5, 0.6) is 0 Å². The van der Waals surface area contributed by atoms with Crippen LogP contribution in [0.15, 0.2) is 17.4 Å². The first kappa shape index (κ1) is 24.8. The van der Waals surface area contributed by atoms with Gasteiger partial charge >= 0.3 is 11.9 Å². The van der Waals surface area contributed by atoms with Crippen LogP contribution in [0.25, 0.3) is 6.20 Å². The minimum Gasteiger partial charge on any atom is -0.466 e. The predicted molar refractivity (Wildman–Crippen MR) is 113 cm³/mol. The van der Waals surface area contributed by atoms with Gasteiger partial charge in [-0.3, -0.25) is 10.1 Å². The lowest BCUT2D eigenvalue weighted by molar-refractivity contribution is -0.746. The maximum absolute atomic E-state index is 12.5. The number of imidazole rings is 1. The summed E-state index contributed by atoms with van der Waals surface area (Å²) in [6, 6.07) is 0. The highest BCUT2D eigenvalue weighted by Crippen LogP contribution is 2.35. The van der Waals surface area contributed by atoms with E-state index in [1.807, 2.05) is 0 Å². The Kier molecular flexibility index (Phi) is 6.91. The number of esters is 1. The average Bonchev–Trinajstić information content (AvgIpc) is 3.31. The summed E-state index contributed by atoms with van der Waals surface area (Å²) in [5.41, 5.74) is -0.669. The van der Waals surface area contributed by atoms with Crippen molar-refractivity contribution >= 4 is 29.9 Å². The van der Waals surface area contributed by atoms with Gasteiger partial charge in [-0.2, -0.15) is 4.99 Å². The zero-order valence-electron chi connectivity index (χ0n) is 19.1. The quantitative estimate of drug-likeness (QED) is 0.153. The molecular weight excluding hydrogens is 438 g/mol. The molecule has 5 N–H and O–H groups in total. The number of carbonyl (C=O) groups is 2. The predicted octanol–water partition coefficient (Wildman–Crippen LogP) is -1.25. The van der Waals surface area contributed by atoms with E-state index < -0.39 is 35.7 Å². The number of hydrogen-bond donors (Lipinski definition) is 5. The molecule has 0 aromatic carbocycles. The molecule has 1 saturated heterocycles. The van der Waals surface area contributed by atoms with Crippen LogP contribution >= 0.6 is 0 Å². The number of carbonyl (C=O) groups excluding carboxylic acids is 2. The lowest BCUT2D eigenvalue weighted by Crippen LogP contribution is -2.50.